The number of aryl methyl sites for hydroxylation is 4. The van der Waals surface area contributed by atoms with Crippen molar-refractivity contribution in [1.82, 2.24) is 19.6 Å². The molecule has 0 bridgehead atoms. The van der Waals surface area contributed by atoms with E-state index >= 15 is 0 Å². The molecule has 4 aromatic rings. The van der Waals surface area contributed by atoms with Gasteiger partial charge in [-0.1, -0.05) is 23.2 Å². The van der Waals surface area contributed by atoms with Crippen LogP contribution in [0.3, 0.4) is 0 Å². The van der Waals surface area contributed by atoms with Gasteiger partial charge in [0.15, 0.2) is 5.78 Å². The first-order valence-corrected chi connectivity index (χ1v) is 18.8. The van der Waals surface area contributed by atoms with E-state index < -0.39 is 11.8 Å². The fourth-order valence-electron chi connectivity index (χ4n) is 5.76. The second-order valence-corrected chi connectivity index (χ2v) is 13.8. The Labute approximate surface area is 310 Å². The Morgan fingerprint density at radius 2 is 1.32 bits per heavy atom. The van der Waals surface area contributed by atoms with Crippen molar-refractivity contribution in [3.05, 3.63) is 84.8 Å². The highest BCUT2D eigenvalue weighted by Gasteiger charge is 2.28. The molecule has 0 spiro atoms. The molecule has 2 aromatic carbocycles. The molecule has 0 aliphatic rings. The van der Waals surface area contributed by atoms with Crippen molar-refractivity contribution in [1.29, 1.82) is 0 Å². The maximum absolute atomic E-state index is 13.8. The van der Waals surface area contributed by atoms with Crippen molar-refractivity contribution >= 4 is 64.3 Å². The first kappa shape index (κ1) is 39.6. The predicted octanol–water partition coefficient (Wildman–Crippen LogP) is 7.53. The minimum absolute atomic E-state index is 0.0320. The number of thioether (sulfide) groups is 2. The Balaban J connectivity index is 1.47. The second-order valence-electron chi connectivity index (χ2n) is 11.3. The molecule has 0 saturated heterocycles. The molecular weight excluding hydrogens is 723 g/mol. The second kappa shape index (κ2) is 17.9. The largest absolute Gasteiger partial charge is 0.407 e. The molecule has 0 atom stereocenters. The number of methoxy groups -OCH3 is 1. The third-order valence-corrected chi connectivity index (χ3v) is 10.7. The molecule has 0 saturated carbocycles. The Kier molecular flexibility index (Phi) is 14.1. The predicted molar refractivity (Wildman–Crippen MR) is 195 cm³/mol. The van der Waals surface area contributed by atoms with Crippen molar-refractivity contribution in [3.8, 4) is 5.88 Å². The summed E-state index contributed by atoms with van der Waals surface area (Å²) in [5, 5.41) is 9.44. The number of benzene rings is 2. The van der Waals surface area contributed by atoms with Crippen molar-refractivity contribution in [2.75, 3.05) is 26.7 Å². The van der Waals surface area contributed by atoms with Gasteiger partial charge in [-0.3, -0.25) is 19.1 Å². The molecule has 15 heteroatoms. The fourth-order valence-corrected chi connectivity index (χ4v) is 7.71. The van der Waals surface area contributed by atoms with E-state index in [1.807, 2.05) is 18.6 Å². The summed E-state index contributed by atoms with van der Waals surface area (Å²) in [5.41, 5.74) is 4.34. The highest BCUT2D eigenvalue weighted by Crippen LogP contribution is 2.35. The van der Waals surface area contributed by atoms with Gasteiger partial charge < -0.3 is 9.47 Å². The van der Waals surface area contributed by atoms with Crippen molar-refractivity contribution in [3.63, 3.8) is 0 Å². The molecule has 4 rings (SSSR count). The van der Waals surface area contributed by atoms with Crippen LogP contribution in [0.15, 0.2) is 34.1 Å². The van der Waals surface area contributed by atoms with Crippen LogP contribution in [0.25, 0.3) is 0 Å². The monoisotopic (exact) mass is 762 g/mol. The Morgan fingerprint density at radius 3 is 1.88 bits per heavy atom. The molecule has 0 radical (unpaired) electrons. The summed E-state index contributed by atoms with van der Waals surface area (Å²) in [4.78, 5) is 52.4. The first-order valence-electron chi connectivity index (χ1n) is 15.6. The number of unbranched alkanes of at least 4 members (excludes halogenated alkanes) is 1. The van der Waals surface area contributed by atoms with Crippen LogP contribution in [0.4, 0.5) is 0 Å². The van der Waals surface area contributed by atoms with E-state index in [2.05, 4.69) is 10.2 Å². The minimum atomic E-state index is -0.524. The van der Waals surface area contributed by atoms with Crippen LogP contribution in [0.1, 0.15) is 79.3 Å². The van der Waals surface area contributed by atoms with E-state index in [4.69, 9.17) is 42.5 Å². The van der Waals surface area contributed by atoms with Gasteiger partial charge in [0.25, 0.3) is 0 Å². The Morgan fingerprint density at radius 1 is 0.780 bits per heavy atom. The SMILES string of the molecule is COCc1c(SC)ccc(C(=O)c2c(C)nn(C)c2CCCCC(=O)Oc2c(C(=O)c3ccc(SC)c(COOC)c3Cl)c(C)nn2C)c1Cl. The zero-order valence-electron chi connectivity index (χ0n) is 29.3. The topological polar surface area (TPSA) is 124 Å². The third-order valence-electron chi connectivity index (χ3n) is 8.16. The highest BCUT2D eigenvalue weighted by atomic mass is 35.5. The summed E-state index contributed by atoms with van der Waals surface area (Å²) in [6.07, 6.45) is 5.43. The number of esters is 1. The lowest BCUT2D eigenvalue weighted by Gasteiger charge is -2.14. The first-order chi connectivity index (χ1) is 23.9. The molecule has 2 aromatic heterocycles. The molecular formula is C35H40Cl2N4O7S2. The zero-order chi connectivity index (χ0) is 36.7. The molecule has 268 valence electrons. The fraction of sp³-hybridized carbons (Fsp3) is 0.400. The van der Waals surface area contributed by atoms with Gasteiger partial charge in [0.1, 0.15) is 12.2 Å². The highest BCUT2D eigenvalue weighted by molar-refractivity contribution is 7.98. The van der Waals surface area contributed by atoms with E-state index in [1.54, 1.807) is 57.9 Å². The summed E-state index contributed by atoms with van der Waals surface area (Å²) in [5.74, 6) is -1.14. The van der Waals surface area contributed by atoms with E-state index in [0.29, 0.717) is 52.4 Å². The van der Waals surface area contributed by atoms with Crippen molar-refractivity contribution in [2.45, 2.75) is 62.5 Å². The van der Waals surface area contributed by atoms with Crippen LogP contribution < -0.4 is 4.74 Å². The molecule has 0 fully saturated rings. The van der Waals surface area contributed by atoms with Crippen LogP contribution in [-0.2, 0) is 53.0 Å². The van der Waals surface area contributed by atoms with Gasteiger partial charge in [0.2, 0.25) is 11.7 Å². The van der Waals surface area contributed by atoms with Crippen LogP contribution in [0.2, 0.25) is 10.0 Å². The molecule has 0 aliphatic carbocycles. The Hall–Kier alpha value is -3.17. The summed E-state index contributed by atoms with van der Waals surface area (Å²) >= 11 is 16.4. The summed E-state index contributed by atoms with van der Waals surface area (Å²) < 4.78 is 14.1. The molecule has 50 heavy (non-hydrogen) atoms. The molecule has 2 heterocycles. The number of aromatic nitrogens is 4. The Bertz CT molecular complexity index is 1910. The average molecular weight is 764 g/mol. The van der Waals surface area contributed by atoms with Gasteiger partial charge in [-0.05, 0) is 69.9 Å². The summed E-state index contributed by atoms with van der Waals surface area (Å²) in [6, 6.07) is 7.04. The van der Waals surface area contributed by atoms with Gasteiger partial charge >= 0.3 is 5.97 Å². The van der Waals surface area contributed by atoms with Crippen LogP contribution >= 0.6 is 46.7 Å². The molecule has 11 nitrogen and oxygen atoms in total. The minimum Gasteiger partial charge on any atom is -0.407 e. The number of carbonyl (C=O) groups is 3. The van der Waals surface area contributed by atoms with E-state index in [0.717, 1.165) is 21.0 Å². The van der Waals surface area contributed by atoms with Gasteiger partial charge in [0.05, 0.1) is 40.7 Å². The van der Waals surface area contributed by atoms with Crippen LogP contribution in [0.5, 0.6) is 5.88 Å². The number of carbonyl (C=O) groups excluding carboxylic acids is 3. The number of nitrogens with zero attached hydrogens (tertiary/aromatic N) is 4. The van der Waals surface area contributed by atoms with Crippen molar-refractivity contribution in [2.24, 2.45) is 14.1 Å². The third kappa shape index (κ3) is 8.47. The van der Waals surface area contributed by atoms with Gasteiger partial charge in [0, 0.05) is 65.4 Å². The smallest absolute Gasteiger partial charge is 0.312 e. The average Bonchev–Trinajstić information content (AvgIpc) is 3.53. The lowest BCUT2D eigenvalue weighted by atomic mass is 9.97. The molecule has 0 N–H and O–H groups in total. The van der Waals surface area contributed by atoms with Gasteiger partial charge in [-0.25, -0.2) is 14.5 Å². The maximum atomic E-state index is 13.8. The van der Waals surface area contributed by atoms with Gasteiger partial charge in [-0.2, -0.15) is 10.2 Å². The number of halogens is 2. The number of hydrogen-bond donors (Lipinski definition) is 0. The van der Waals surface area contributed by atoms with E-state index in [9.17, 15) is 14.4 Å². The lowest BCUT2D eigenvalue weighted by molar-refractivity contribution is -0.282. The molecule has 0 aliphatic heterocycles. The summed E-state index contributed by atoms with van der Waals surface area (Å²) in [7, 11) is 6.37. The standard InChI is InChI=1S/C35H40Cl2N4O7S2/c1-19-29(33(43)21-13-15-26(49-7)23(17-45-5)31(21)36)25(40(3)38-19)11-9-10-12-28(42)48-35-30(20(2)39-41(35)4)34(44)22-14-16-27(50-8)24(32(22)37)18-47-46-6/h13-16H,9-12,17-18H2,1-8H3. The molecule has 0 unspecified atom stereocenters. The van der Waals surface area contributed by atoms with Crippen LogP contribution in [-0.4, -0.2) is 63.8 Å². The number of ether oxygens (including phenoxy) is 2. The number of ketones is 2. The van der Waals surface area contributed by atoms with Crippen molar-refractivity contribution < 1.29 is 33.6 Å². The molecule has 0 amide bonds. The number of rotatable bonds is 17. The van der Waals surface area contributed by atoms with Gasteiger partial charge in [-0.15, -0.1) is 23.5 Å². The zero-order valence-corrected chi connectivity index (χ0v) is 32.4. The lowest BCUT2D eigenvalue weighted by Crippen LogP contribution is -2.14. The quantitative estimate of drug-likeness (QED) is 0.0265. The maximum Gasteiger partial charge on any atom is 0.312 e. The van der Waals surface area contributed by atoms with E-state index in [-0.39, 0.29) is 47.4 Å². The number of hydrogen-bond acceptors (Lipinski definition) is 11. The van der Waals surface area contributed by atoms with E-state index in [1.165, 1.54) is 35.3 Å². The normalized spacial score (nSPS) is 11.3. The summed E-state index contributed by atoms with van der Waals surface area (Å²) in [6.45, 7) is 3.79. The van der Waals surface area contributed by atoms with Crippen LogP contribution in [0, 0.1) is 13.8 Å².